The number of piperidine rings is 1. The second-order valence-electron chi connectivity index (χ2n) is 8.04. The van der Waals surface area contributed by atoms with Gasteiger partial charge in [0.2, 0.25) is 11.8 Å². The van der Waals surface area contributed by atoms with Gasteiger partial charge in [-0.3, -0.25) is 9.59 Å². The molecular formula is C23H24N2O2. The molecule has 4 nitrogen and oxygen atoms in total. The zero-order chi connectivity index (χ0) is 18.4. The highest BCUT2D eigenvalue weighted by Gasteiger charge is 2.43. The highest BCUT2D eigenvalue weighted by atomic mass is 16.2. The van der Waals surface area contributed by atoms with Crippen LogP contribution in [-0.4, -0.2) is 24.4 Å². The zero-order valence-corrected chi connectivity index (χ0v) is 15.3. The van der Waals surface area contributed by atoms with Crippen molar-refractivity contribution in [1.29, 1.82) is 0 Å². The van der Waals surface area contributed by atoms with Crippen LogP contribution in [0.3, 0.4) is 0 Å². The van der Waals surface area contributed by atoms with E-state index in [-0.39, 0.29) is 17.9 Å². The van der Waals surface area contributed by atoms with Gasteiger partial charge in [0.05, 0.1) is 0 Å². The smallest absolute Gasteiger partial charge is 0.242 e. The van der Waals surface area contributed by atoms with Gasteiger partial charge in [0.1, 0.15) is 6.04 Å². The van der Waals surface area contributed by atoms with Crippen molar-refractivity contribution in [2.45, 2.75) is 43.6 Å². The fourth-order valence-electron chi connectivity index (χ4n) is 5.32. The van der Waals surface area contributed by atoms with Crippen LogP contribution in [0, 0.1) is 5.92 Å². The van der Waals surface area contributed by atoms with E-state index in [2.05, 4.69) is 59.2 Å². The molecule has 2 N–H and O–H groups in total. The van der Waals surface area contributed by atoms with E-state index in [0.29, 0.717) is 30.7 Å². The summed E-state index contributed by atoms with van der Waals surface area (Å²) in [5.41, 5.74) is 5.72. The third-order valence-corrected chi connectivity index (χ3v) is 6.51. The average Bonchev–Trinajstić information content (AvgIpc) is 2.72. The maximum Gasteiger partial charge on any atom is 0.242 e. The van der Waals surface area contributed by atoms with E-state index in [1.807, 2.05) is 0 Å². The molecule has 2 atom stereocenters. The minimum atomic E-state index is -0.369. The molecule has 27 heavy (non-hydrogen) atoms. The molecule has 4 aliphatic rings. The van der Waals surface area contributed by atoms with E-state index in [9.17, 15) is 9.59 Å². The van der Waals surface area contributed by atoms with E-state index in [1.54, 1.807) is 0 Å². The van der Waals surface area contributed by atoms with Crippen molar-refractivity contribution >= 4 is 11.8 Å². The molecule has 2 amide bonds. The van der Waals surface area contributed by atoms with E-state index < -0.39 is 0 Å². The Morgan fingerprint density at radius 2 is 1.63 bits per heavy atom. The van der Waals surface area contributed by atoms with Crippen molar-refractivity contribution in [3.63, 3.8) is 0 Å². The molecule has 138 valence electrons. The first kappa shape index (κ1) is 16.5. The first-order chi connectivity index (χ1) is 13.2. The average molecular weight is 360 g/mol. The Bertz CT molecular complexity index is 859. The van der Waals surface area contributed by atoms with Crippen molar-refractivity contribution in [3.8, 4) is 0 Å². The summed E-state index contributed by atoms with van der Waals surface area (Å²) in [6, 6.07) is 17.1. The predicted molar refractivity (Wildman–Crippen MR) is 103 cm³/mol. The second kappa shape index (κ2) is 6.52. The van der Waals surface area contributed by atoms with E-state index in [4.69, 9.17) is 0 Å². The number of amides is 2. The Labute approximate surface area is 159 Å². The van der Waals surface area contributed by atoms with Gasteiger partial charge in [-0.05, 0) is 47.4 Å². The number of fused-ring (bicyclic) bond motifs is 1. The summed E-state index contributed by atoms with van der Waals surface area (Å²) in [7, 11) is 0. The van der Waals surface area contributed by atoms with Gasteiger partial charge in [-0.25, -0.2) is 0 Å². The second-order valence-corrected chi connectivity index (χ2v) is 8.04. The lowest BCUT2D eigenvalue weighted by Crippen LogP contribution is -2.50. The molecule has 6 rings (SSSR count). The molecule has 2 bridgehead atoms. The van der Waals surface area contributed by atoms with Crippen molar-refractivity contribution in [1.82, 2.24) is 10.6 Å². The molecule has 1 heterocycles. The topological polar surface area (TPSA) is 58.2 Å². The molecule has 1 fully saturated rings. The zero-order valence-electron chi connectivity index (χ0n) is 15.3. The van der Waals surface area contributed by atoms with Crippen LogP contribution in [0.2, 0.25) is 0 Å². The lowest BCUT2D eigenvalue weighted by molar-refractivity contribution is -0.131. The molecule has 2 aromatic carbocycles. The monoisotopic (exact) mass is 360 g/mol. The van der Waals surface area contributed by atoms with Crippen molar-refractivity contribution < 1.29 is 9.59 Å². The molecule has 0 spiro atoms. The molecule has 2 aromatic rings. The standard InChI is InChI=1S/C23H24N2O2/c26-21-11-5-10-20(25-21)23(27)24-13-14-12-19-15-6-1-3-8-17(15)22(14)18-9-4-2-7-16(18)19/h1-4,6-9,14,19-20,22H,5,10-13H2,(H,24,27)(H,25,26)/t14?,19?,20-,22?/m1/s1. The van der Waals surface area contributed by atoms with Crippen LogP contribution in [-0.2, 0) is 9.59 Å². The first-order valence-electron chi connectivity index (χ1n) is 9.97. The summed E-state index contributed by atoms with van der Waals surface area (Å²) in [6.45, 7) is 0.662. The van der Waals surface area contributed by atoms with E-state index in [1.165, 1.54) is 22.3 Å². The van der Waals surface area contributed by atoms with Crippen LogP contribution in [0.15, 0.2) is 48.5 Å². The molecule has 0 aromatic heterocycles. The number of rotatable bonds is 3. The maximum atomic E-state index is 12.6. The van der Waals surface area contributed by atoms with Gasteiger partial charge in [0, 0.05) is 24.8 Å². The number of carbonyl (C=O) groups excluding carboxylic acids is 2. The maximum absolute atomic E-state index is 12.6. The van der Waals surface area contributed by atoms with Gasteiger partial charge >= 0.3 is 0 Å². The van der Waals surface area contributed by atoms with E-state index in [0.717, 1.165) is 19.3 Å². The number of hydrogen-bond acceptors (Lipinski definition) is 2. The van der Waals surface area contributed by atoms with Crippen LogP contribution in [0.5, 0.6) is 0 Å². The number of hydrogen-bond donors (Lipinski definition) is 2. The lowest BCUT2D eigenvalue weighted by Gasteiger charge is -2.45. The largest absolute Gasteiger partial charge is 0.354 e. The molecule has 3 aliphatic carbocycles. The molecular weight excluding hydrogens is 336 g/mol. The quantitative estimate of drug-likeness (QED) is 0.884. The van der Waals surface area contributed by atoms with Crippen molar-refractivity contribution in [2.24, 2.45) is 5.92 Å². The Balaban J connectivity index is 1.38. The summed E-state index contributed by atoms with van der Waals surface area (Å²) in [4.78, 5) is 24.1. The van der Waals surface area contributed by atoms with Gasteiger partial charge in [-0.2, -0.15) is 0 Å². The van der Waals surface area contributed by atoms with Crippen LogP contribution in [0.4, 0.5) is 0 Å². The highest BCUT2D eigenvalue weighted by molar-refractivity contribution is 5.88. The Morgan fingerprint density at radius 3 is 2.26 bits per heavy atom. The Morgan fingerprint density at radius 1 is 1.00 bits per heavy atom. The normalized spacial score (nSPS) is 28.1. The third kappa shape index (κ3) is 2.75. The summed E-state index contributed by atoms with van der Waals surface area (Å²) >= 11 is 0. The summed E-state index contributed by atoms with van der Waals surface area (Å²) in [6.07, 6.45) is 3.12. The summed E-state index contributed by atoms with van der Waals surface area (Å²) in [5.74, 6) is 1.09. The van der Waals surface area contributed by atoms with Crippen LogP contribution < -0.4 is 10.6 Å². The minimum absolute atomic E-state index is 0.0130. The number of carbonyl (C=O) groups is 2. The SMILES string of the molecule is O=C1CCC[C@H](C(=O)NCC2CC3c4ccccc4C2c2ccccc23)N1. The minimum Gasteiger partial charge on any atom is -0.354 e. The molecule has 1 unspecified atom stereocenters. The predicted octanol–water partition coefficient (Wildman–Crippen LogP) is 3.07. The van der Waals surface area contributed by atoms with E-state index >= 15 is 0 Å². The lowest BCUT2D eigenvalue weighted by atomic mass is 9.59. The van der Waals surface area contributed by atoms with Gasteiger partial charge in [0.25, 0.3) is 0 Å². The fourth-order valence-corrected chi connectivity index (χ4v) is 5.32. The Hall–Kier alpha value is -2.62. The molecule has 0 saturated carbocycles. The molecule has 0 radical (unpaired) electrons. The van der Waals surface area contributed by atoms with Crippen LogP contribution in [0.25, 0.3) is 0 Å². The van der Waals surface area contributed by atoms with Crippen molar-refractivity contribution in [3.05, 3.63) is 70.8 Å². The van der Waals surface area contributed by atoms with Crippen molar-refractivity contribution in [2.75, 3.05) is 6.54 Å². The van der Waals surface area contributed by atoms with Gasteiger partial charge < -0.3 is 10.6 Å². The van der Waals surface area contributed by atoms with Crippen LogP contribution in [0.1, 0.15) is 59.8 Å². The third-order valence-electron chi connectivity index (χ3n) is 6.51. The Kier molecular flexibility index (Phi) is 4.00. The highest BCUT2D eigenvalue weighted by Crippen LogP contribution is 2.55. The summed E-state index contributed by atoms with van der Waals surface area (Å²) < 4.78 is 0. The molecule has 4 heteroatoms. The van der Waals surface area contributed by atoms with Gasteiger partial charge in [-0.15, -0.1) is 0 Å². The first-order valence-corrected chi connectivity index (χ1v) is 9.97. The number of benzene rings is 2. The van der Waals surface area contributed by atoms with Gasteiger partial charge in [0.15, 0.2) is 0 Å². The fraction of sp³-hybridized carbons (Fsp3) is 0.391. The summed E-state index contributed by atoms with van der Waals surface area (Å²) in [5, 5.41) is 5.95. The van der Waals surface area contributed by atoms with Gasteiger partial charge in [-0.1, -0.05) is 48.5 Å². The molecule has 1 aliphatic heterocycles. The number of nitrogens with one attached hydrogen (secondary N) is 2. The molecule has 1 saturated heterocycles. The van der Waals surface area contributed by atoms with Crippen LogP contribution >= 0.6 is 0 Å².